The second-order valence-electron chi connectivity index (χ2n) is 11.2. The Hall–Kier alpha value is -5.26. The lowest BCUT2D eigenvalue weighted by Gasteiger charge is -2.13. The topological polar surface area (TPSA) is 136 Å². The number of H-pyrrole nitrogens is 1. The minimum absolute atomic E-state index is 0.377. The zero-order valence-electron chi connectivity index (χ0n) is 25.8. The van der Waals surface area contributed by atoms with E-state index in [-0.39, 0.29) is 0 Å². The van der Waals surface area contributed by atoms with Gasteiger partial charge in [-0.1, -0.05) is 24.3 Å². The van der Waals surface area contributed by atoms with Gasteiger partial charge in [-0.2, -0.15) is 0 Å². The second-order valence-corrected chi connectivity index (χ2v) is 11.2. The smallest absolute Gasteiger partial charge is 0.319 e. The molecule has 5 N–H and O–H groups in total. The van der Waals surface area contributed by atoms with Gasteiger partial charge in [0.25, 0.3) is 18.4 Å². The first kappa shape index (κ1) is 30.8. The first-order valence-electron chi connectivity index (χ1n) is 15.7. The van der Waals surface area contributed by atoms with Crippen LogP contribution in [0.3, 0.4) is 0 Å². The van der Waals surface area contributed by atoms with E-state index >= 15 is 0 Å². The van der Waals surface area contributed by atoms with Crippen LogP contribution in [-0.2, 0) is 54.5 Å². The molecule has 2 aromatic carbocycles. The van der Waals surface area contributed by atoms with Crippen LogP contribution < -0.4 is 20.6 Å². The molecule has 2 aliphatic rings. The molecule has 0 saturated carbocycles. The number of ether oxygens (including phenoxy) is 6. The Kier molecular flexibility index (Phi) is 10.1. The van der Waals surface area contributed by atoms with Gasteiger partial charge in [0.05, 0.1) is 44.0 Å². The molecule has 12 nitrogen and oxygen atoms in total. The summed E-state index contributed by atoms with van der Waals surface area (Å²) < 4.78 is 40.8. The molecule has 2 aromatic heterocycles. The van der Waals surface area contributed by atoms with Gasteiger partial charge in [0.1, 0.15) is 24.8 Å². The molecule has 46 heavy (non-hydrogen) atoms. The molecule has 2 atom stereocenters. The first-order chi connectivity index (χ1) is 22.6. The minimum Gasteiger partial charge on any atom is -0.463 e. The summed E-state index contributed by atoms with van der Waals surface area (Å²) >= 11 is 0. The monoisotopic (exact) mass is 630 g/mol. The number of nitrogens with one attached hydrogen (secondary N) is 1. The Balaban J connectivity index is 0.821. The number of nitrogen functional groups attached to an aromatic ring is 2. The van der Waals surface area contributed by atoms with Gasteiger partial charge < -0.3 is 39.9 Å². The van der Waals surface area contributed by atoms with Gasteiger partial charge in [-0.3, -0.25) is 0 Å². The molecule has 12 heteroatoms. The summed E-state index contributed by atoms with van der Waals surface area (Å²) in [6, 6.07) is 15.0. The van der Waals surface area contributed by atoms with Crippen molar-refractivity contribution < 1.29 is 37.6 Å². The SMILES string of the molecule is Nc1ccccc1C1OC=C(OCCC[n+]2ccn(CCCCc3[nH]cc[n+]3CCCOC3=COC(c4ccccc4N)O3)c2)O1. The van der Waals surface area contributed by atoms with Crippen LogP contribution in [0.5, 0.6) is 0 Å². The summed E-state index contributed by atoms with van der Waals surface area (Å²) in [6.45, 7) is 3.71. The van der Waals surface area contributed by atoms with E-state index in [1.54, 1.807) is 0 Å². The maximum atomic E-state index is 6.02. The molecule has 0 spiro atoms. The number of imidazole rings is 2. The number of rotatable bonds is 17. The van der Waals surface area contributed by atoms with E-state index in [0.29, 0.717) is 36.5 Å². The molecular formula is C34H42N6O6+2. The third-order valence-electron chi connectivity index (χ3n) is 7.79. The molecule has 0 fully saturated rings. The Labute approximate surface area is 268 Å². The zero-order chi connectivity index (χ0) is 31.6. The van der Waals surface area contributed by atoms with E-state index < -0.39 is 12.6 Å². The van der Waals surface area contributed by atoms with Crippen molar-refractivity contribution in [3.05, 3.63) is 121 Å². The molecule has 2 aliphatic heterocycles. The molecule has 6 rings (SSSR count). The largest absolute Gasteiger partial charge is 0.463 e. The van der Waals surface area contributed by atoms with Crippen molar-refractivity contribution in [1.29, 1.82) is 0 Å². The van der Waals surface area contributed by atoms with Crippen molar-refractivity contribution in [1.82, 2.24) is 9.55 Å². The molecular weight excluding hydrogens is 588 g/mol. The van der Waals surface area contributed by atoms with E-state index in [1.165, 1.54) is 18.3 Å². The van der Waals surface area contributed by atoms with Crippen LogP contribution in [0.2, 0.25) is 0 Å². The number of aromatic amines is 1. The van der Waals surface area contributed by atoms with Crippen molar-refractivity contribution >= 4 is 11.4 Å². The Morgan fingerprint density at radius 3 is 2.04 bits per heavy atom. The molecule has 4 aromatic rings. The van der Waals surface area contributed by atoms with Crippen LogP contribution in [0.1, 0.15) is 55.2 Å². The van der Waals surface area contributed by atoms with Gasteiger partial charge in [0, 0.05) is 30.6 Å². The molecule has 0 amide bonds. The van der Waals surface area contributed by atoms with Crippen LogP contribution in [0, 0.1) is 0 Å². The third kappa shape index (κ3) is 8.06. The van der Waals surface area contributed by atoms with E-state index in [9.17, 15) is 0 Å². The second kappa shape index (κ2) is 15.2. The highest BCUT2D eigenvalue weighted by Crippen LogP contribution is 2.33. The lowest BCUT2D eigenvalue weighted by Crippen LogP contribution is -2.36. The average molecular weight is 631 g/mol. The van der Waals surface area contributed by atoms with Gasteiger partial charge in [-0.05, 0) is 37.1 Å². The van der Waals surface area contributed by atoms with Crippen LogP contribution >= 0.6 is 0 Å². The fraction of sp³-hybridized carbons (Fsp3) is 0.353. The van der Waals surface area contributed by atoms with E-state index in [1.807, 2.05) is 54.7 Å². The lowest BCUT2D eigenvalue weighted by atomic mass is 10.2. The summed E-state index contributed by atoms with van der Waals surface area (Å²) in [4.78, 5) is 3.39. The van der Waals surface area contributed by atoms with E-state index in [0.717, 1.165) is 62.9 Å². The number of nitrogens with zero attached hydrogens (tertiary/aromatic N) is 3. The van der Waals surface area contributed by atoms with Crippen LogP contribution in [0.15, 0.2) is 104 Å². The van der Waals surface area contributed by atoms with Crippen molar-refractivity contribution in [2.24, 2.45) is 0 Å². The lowest BCUT2D eigenvalue weighted by molar-refractivity contribution is -0.703. The number of nitrogens with two attached hydrogens (primary N) is 2. The van der Waals surface area contributed by atoms with Gasteiger partial charge >= 0.3 is 11.9 Å². The molecule has 0 saturated heterocycles. The highest BCUT2D eigenvalue weighted by atomic mass is 16.8. The standard InChI is InChI=1S/C34H41N6O6/c35-28-11-3-1-9-26(28)33-43-23-31(45-33)41-21-7-16-39-20-19-38(25-39)15-6-5-13-30-37-14-18-40(30)17-8-22-42-32-24-44-34(46-32)27-10-2-4-12-29(27)36/h1-4,9-12,14,18-20,23-25,33-34H,5-8,13,15-17,21-22,35-36H2/q+1/p+1. The number of aromatic nitrogens is 4. The predicted molar refractivity (Wildman–Crippen MR) is 167 cm³/mol. The number of para-hydroxylation sites is 2. The molecule has 0 aliphatic carbocycles. The minimum atomic E-state index is -0.570. The summed E-state index contributed by atoms with van der Waals surface area (Å²) in [6.07, 6.45) is 17.1. The number of benzene rings is 2. The Morgan fingerprint density at radius 1 is 0.761 bits per heavy atom. The highest BCUT2D eigenvalue weighted by Gasteiger charge is 2.25. The number of unbranched alkanes of at least 4 members (excludes halogenated alkanes) is 1. The van der Waals surface area contributed by atoms with Gasteiger partial charge in [0.2, 0.25) is 6.33 Å². The van der Waals surface area contributed by atoms with Gasteiger partial charge in [0.15, 0.2) is 12.5 Å². The fourth-order valence-electron chi connectivity index (χ4n) is 5.36. The van der Waals surface area contributed by atoms with Crippen molar-refractivity contribution in [3.8, 4) is 0 Å². The Morgan fingerprint density at radius 2 is 1.39 bits per heavy atom. The van der Waals surface area contributed by atoms with Crippen LogP contribution in [0.25, 0.3) is 0 Å². The maximum absolute atomic E-state index is 6.02. The van der Waals surface area contributed by atoms with Crippen molar-refractivity contribution in [2.75, 3.05) is 24.7 Å². The molecule has 0 radical (unpaired) electrons. The van der Waals surface area contributed by atoms with Gasteiger partial charge in [-0.25, -0.2) is 18.7 Å². The van der Waals surface area contributed by atoms with E-state index in [4.69, 9.17) is 39.9 Å². The number of aryl methyl sites for hydroxylation is 4. The van der Waals surface area contributed by atoms with Gasteiger partial charge in [-0.15, -0.1) is 0 Å². The summed E-state index contributed by atoms with van der Waals surface area (Å²) in [5.74, 6) is 1.97. The Bertz CT molecular complexity index is 1630. The zero-order valence-corrected chi connectivity index (χ0v) is 25.8. The number of hydrogen-bond acceptors (Lipinski definition) is 8. The third-order valence-corrected chi connectivity index (χ3v) is 7.79. The summed E-state index contributed by atoms with van der Waals surface area (Å²) in [5.41, 5.74) is 14.9. The summed E-state index contributed by atoms with van der Waals surface area (Å²) in [7, 11) is 0. The average Bonchev–Trinajstić information content (AvgIpc) is 3.89. The van der Waals surface area contributed by atoms with Crippen molar-refractivity contribution in [3.63, 3.8) is 0 Å². The van der Waals surface area contributed by atoms with Crippen molar-refractivity contribution in [2.45, 2.75) is 64.3 Å². The van der Waals surface area contributed by atoms with Crippen LogP contribution in [-0.4, -0.2) is 22.8 Å². The summed E-state index contributed by atoms with van der Waals surface area (Å²) in [5, 5.41) is 0. The fourth-order valence-corrected chi connectivity index (χ4v) is 5.36. The molecule has 0 bridgehead atoms. The number of hydrogen-bond donors (Lipinski definition) is 3. The van der Waals surface area contributed by atoms with Crippen LogP contribution in [0.4, 0.5) is 11.4 Å². The molecule has 4 heterocycles. The normalized spacial score (nSPS) is 17.0. The maximum Gasteiger partial charge on any atom is 0.319 e. The van der Waals surface area contributed by atoms with E-state index in [2.05, 4.69) is 43.6 Å². The quantitative estimate of drug-likeness (QED) is 0.0883. The molecule has 2 unspecified atom stereocenters. The predicted octanol–water partition coefficient (Wildman–Crippen LogP) is 4.48. The number of anilines is 2. The first-order valence-corrected chi connectivity index (χ1v) is 15.7. The molecule has 242 valence electrons. The highest BCUT2D eigenvalue weighted by molar-refractivity contribution is 5.48.